The molecule has 1 aliphatic rings. The molecule has 10 heteroatoms. The van der Waals surface area contributed by atoms with Crippen LogP contribution in [-0.4, -0.2) is 51.3 Å². The molecule has 2 aromatic rings. The minimum atomic E-state index is -3.73. The molecule has 0 fully saturated rings. The van der Waals surface area contributed by atoms with E-state index in [1.54, 1.807) is 56.5 Å². The maximum absolute atomic E-state index is 11.9. The normalized spacial score (nSPS) is 16.4. The molecule has 0 saturated carbocycles. The second-order valence-corrected chi connectivity index (χ2v) is 9.19. The summed E-state index contributed by atoms with van der Waals surface area (Å²) in [5, 5.41) is 17.5. The molecule has 164 valence electrons. The number of methoxy groups -OCH3 is 1. The summed E-state index contributed by atoms with van der Waals surface area (Å²) in [6.07, 6.45) is 0. The van der Waals surface area contributed by atoms with Crippen LogP contribution < -0.4 is 9.64 Å². The van der Waals surface area contributed by atoms with Gasteiger partial charge in [0.1, 0.15) is 23.5 Å². The van der Waals surface area contributed by atoms with Crippen LogP contribution in [0.25, 0.3) is 0 Å². The highest BCUT2D eigenvalue weighted by Crippen LogP contribution is 2.32. The molecule has 0 amide bonds. The van der Waals surface area contributed by atoms with Gasteiger partial charge in [0.05, 0.1) is 30.9 Å². The monoisotopic (exact) mass is 462 g/mol. The highest BCUT2D eigenvalue weighted by molar-refractivity contribution is 7.86. The van der Waals surface area contributed by atoms with Gasteiger partial charge in [-0.05, 0) is 44.2 Å². The molecule has 0 radical (unpaired) electrons. The molecule has 0 aromatic heterocycles. The molecule has 0 aliphatic carbocycles. The van der Waals surface area contributed by atoms with E-state index < -0.39 is 16.2 Å². The minimum absolute atomic E-state index is 0.0609. The number of amidine groups is 2. The summed E-state index contributed by atoms with van der Waals surface area (Å²) < 4.78 is 34.3. The van der Waals surface area contributed by atoms with E-state index in [2.05, 4.69) is 0 Å². The number of nitrogens with one attached hydrogen (secondary N) is 2. The van der Waals surface area contributed by atoms with Gasteiger partial charge in [0.2, 0.25) is 0 Å². The molecule has 1 aliphatic heterocycles. The van der Waals surface area contributed by atoms with Crippen molar-refractivity contribution in [3.8, 4) is 5.75 Å². The topological polar surface area (TPSA) is 116 Å². The van der Waals surface area contributed by atoms with Crippen LogP contribution in [0.1, 0.15) is 25.0 Å². The number of anilines is 1. The first-order chi connectivity index (χ1) is 14.7. The van der Waals surface area contributed by atoms with Crippen LogP contribution in [0.15, 0.2) is 47.5 Å². The van der Waals surface area contributed by atoms with E-state index >= 15 is 0 Å². The highest BCUT2D eigenvalue weighted by Gasteiger charge is 2.32. The Labute approximate surface area is 186 Å². The van der Waals surface area contributed by atoms with Crippen molar-refractivity contribution in [1.82, 2.24) is 0 Å². The van der Waals surface area contributed by atoms with Crippen LogP contribution in [0.3, 0.4) is 0 Å². The maximum atomic E-state index is 11.9. The van der Waals surface area contributed by atoms with Gasteiger partial charge in [-0.3, -0.25) is 24.9 Å². The third kappa shape index (κ3) is 4.95. The second-order valence-electron chi connectivity index (χ2n) is 6.82. The van der Waals surface area contributed by atoms with Crippen LogP contribution in [-0.2, 0) is 14.3 Å². The molecule has 1 atom stereocenters. The lowest BCUT2D eigenvalue weighted by Gasteiger charge is -2.26. The van der Waals surface area contributed by atoms with Gasteiger partial charge >= 0.3 is 0 Å². The summed E-state index contributed by atoms with van der Waals surface area (Å²) in [6.45, 7) is 2.68. The minimum Gasteiger partial charge on any atom is -0.497 e. The van der Waals surface area contributed by atoms with Gasteiger partial charge < -0.3 is 4.74 Å². The lowest BCUT2D eigenvalue weighted by molar-refractivity contribution is 0.314. The van der Waals surface area contributed by atoms with E-state index in [4.69, 9.17) is 36.3 Å². The number of ether oxygens (including phenoxy) is 1. The zero-order chi connectivity index (χ0) is 22.8. The van der Waals surface area contributed by atoms with Crippen molar-refractivity contribution in [3.05, 3.63) is 58.6 Å². The quantitative estimate of drug-likeness (QED) is 0.385. The van der Waals surface area contributed by atoms with Gasteiger partial charge in [0.15, 0.2) is 0 Å². The van der Waals surface area contributed by atoms with Crippen molar-refractivity contribution in [3.63, 3.8) is 0 Å². The summed E-state index contributed by atoms with van der Waals surface area (Å²) in [5.74, 6) is 0.422. The van der Waals surface area contributed by atoms with Crippen LogP contribution >= 0.6 is 11.6 Å². The van der Waals surface area contributed by atoms with Crippen molar-refractivity contribution in [1.29, 1.82) is 10.8 Å². The van der Waals surface area contributed by atoms with Crippen molar-refractivity contribution in [2.24, 2.45) is 4.99 Å². The summed E-state index contributed by atoms with van der Waals surface area (Å²) in [7, 11) is -2.19. The molecule has 0 spiro atoms. The largest absolute Gasteiger partial charge is 0.497 e. The average molecular weight is 463 g/mol. The number of nitrogens with zero attached hydrogens (tertiary/aromatic N) is 2. The van der Waals surface area contributed by atoms with Crippen LogP contribution in [0.2, 0.25) is 5.02 Å². The lowest BCUT2D eigenvalue weighted by Crippen LogP contribution is -2.42. The Balaban J connectivity index is 2.22. The summed E-state index contributed by atoms with van der Waals surface area (Å²) in [6, 6.07) is 11.3. The van der Waals surface area contributed by atoms with E-state index in [-0.39, 0.29) is 24.0 Å². The SMILES string of the molecule is CCS(=O)(=O)OC[C@@H]1N=C(c2ccc(Cl)cc2)c2cc(OC)ccc2N(C(C)=N)C1=N. The van der Waals surface area contributed by atoms with Crippen molar-refractivity contribution in [2.45, 2.75) is 19.9 Å². The van der Waals surface area contributed by atoms with E-state index in [1.807, 2.05) is 0 Å². The van der Waals surface area contributed by atoms with Crippen molar-refractivity contribution in [2.75, 3.05) is 24.4 Å². The van der Waals surface area contributed by atoms with Crippen LogP contribution in [0.4, 0.5) is 5.69 Å². The fraction of sp³-hybridized carbons (Fsp3) is 0.286. The first-order valence-corrected chi connectivity index (χ1v) is 11.5. The predicted molar refractivity (Wildman–Crippen MR) is 123 cm³/mol. The highest BCUT2D eigenvalue weighted by atomic mass is 35.5. The van der Waals surface area contributed by atoms with Gasteiger partial charge in [-0.25, -0.2) is 0 Å². The Morgan fingerprint density at radius 3 is 2.48 bits per heavy atom. The number of halogens is 1. The first kappa shape index (κ1) is 22.9. The maximum Gasteiger partial charge on any atom is 0.267 e. The smallest absolute Gasteiger partial charge is 0.267 e. The Hall–Kier alpha value is -2.75. The number of rotatable bonds is 6. The fourth-order valence-electron chi connectivity index (χ4n) is 3.16. The molecule has 3 rings (SSSR count). The Bertz CT molecular complexity index is 1150. The Morgan fingerprint density at radius 1 is 1.23 bits per heavy atom. The van der Waals surface area contributed by atoms with E-state index in [0.29, 0.717) is 27.7 Å². The van der Waals surface area contributed by atoms with Gasteiger partial charge in [-0.2, -0.15) is 8.42 Å². The van der Waals surface area contributed by atoms with E-state index in [0.717, 1.165) is 5.56 Å². The Morgan fingerprint density at radius 2 is 1.90 bits per heavy atom. The molecular weight excluding hydrogens is 440 g/mol. The van der Waals surface area contributed by atoms with Crippen LogP contribution in [0.5, 0.6) is 5.75 Å². The molecule has 1 heterocycles. The van der Waals surface area contributed by atoms with E-state index in [1.165, 1.54) is 11.8 Å². The van der Waals surface area contributed by atoms with Gasteiger partial charge in [0, 0.05) is 16.1 Å². The average Bonchev–Trinajstić information content (AvgIpc) is 2.86. The van der Waals surface area contributed by atoms with Crippen LogP contribution in [0, 0.1) is 10.8 Å². The van der Waals surface area contributed by atoms with E-state index in [9.17, 15) is 8.42 Å². The van der Waals surface area contributed by atoms with Gasteiger partial charge in [0.25, 0.3) is 10.1 Å². The summed E-state index contributed by atoms with van der Waals surface area (Å²) in [5.41, 5.74) is 2.44. The second kappa shape index (κ2) is 9.17. The molecular formula is C21H23ClN4O4S. The molecule has 31 heavy (non-hydrogen) atoms. The predicted octanol–water partition coefficient (Wildman–Crippen LogP) is 3.72. The number of fused-ring (bicyclic) bond motifs is 1. The molecule has 0 bridgehead atoms. The number of hydrogen-bond donors (Lipinski definition) is 2. The lowest BCUT2D eigenvalue weighted by atomic mass is 9.99. The first-order valence-electron chi connectivity index (χ1n) is 9.49. The zero-order valence-electron chi connectivity index (χ0n) is 17.3. The number of benzodiazepines with no additional fused rings is 1. The Kier molecular flexibility index (Phi) is 6.78. The molecule has 2 N–H and O–H groups in total. The molecule has 2 aromatic carbocycles. The number of benzene rings is 2. The summed E-state index contributed by atoms with van der Waals surface area (Å²) >= 11 is 6.05. The third-order valence-corrected chi connectivity index (χ3v) is 6.21. The summed E-state index contributed by atoms with van der Waals surface area (Å²) in [4.78, 5) is 6.13. The van der Waals surface area contributed by atoms with Crippen molar-refractivity contribution < 1.29 is 17.3 Å². The van der Waals surface area contributed by atoms with Gasteiger partial charge in [-0.1, -0.05) is 23.7 Å². The third-order valence-electron chi connectivity index (χ3n) is 4.75. The number of aliphatic imine (C=N–C) groups is 1. The van der Waals surface area contributed by atoms with Crippen molar-refractivity contribution >= 4 is 44.8 Å². The number of hydrogen-bond acceptors (Lipinski definition) is 7. The molecule has 0 unspecified atom stereocenters. The molecule has 8 nitrogen and oxygen atoms in total. The van der Waals surface area contributed by atoms with Gasteiger partial charge in [-0.15, -0.1) is 0 Å². The standard InChI is InChI=1S/C21H23ClN4O4S/c1-4-31(27,28)30-12-18-21(24)26(13(2)23)19-10-9-16(29-3)11-17(19)20(25-18)14-5-7-15(22)8-6-14/h5-11,18,23-24H,4,12H2,1-3H3/t18-/m0/s1. The fourth-order valence-corrected chi connectivity index (χ4v) is 3.79. The molecule has 0 saturated heterocycles. The zero-order valence-corrected chi connectivity index (χ0v) is 18.9.